The maximum Gasteiger partial charge on any atom is 0.300 e. The van der Waals surface area contributed by atoms with E-state index in [0.29, 0.717) is 23.8 Å². The molecule has 210 valence electrons. The van der Waals surface area contributed by atoms with E-state index in [4.69, 9.17) is 4.74 Å². The van der Waals surface area contributed by atoms with Crippen molar-refractivity contribution in [3.63, 3.8) is 0 Å². The smallest absolute Gasteiger partial charge is 0.300 e. The molecule has 4 rings (SSSR count). The third-order valence-electron chi connectivity index (χ3n) is 7.43. The number of rotatable bonds is 10. The van der Waals surface area contributed by atoms with E-state index in [0.717, 1.165) is 47.6 Å². The minimum absolute atomic E-state index is 0.0791. The van der Waals surface area contributed by atoms with Crippen molar-refractivity contribution in [3.8, 4) is 5.75 Å². The van der Waals surface area contributed by atoms with Gasteiger partial charge in [0.1, 0.15) is 11.5 Å². The normalized spacial score (nSPS) is 16.6. The Labute approximate surface area is 237 Å². The minimum atomic E-state index is -0.768. The molecule has 1 saturated heterocycles. The van der Waals surface area contributed by atoms with Gasteiger partial charge in [-0.05, 0) is 92.3 Å². The van der Waals surface area contributed by atoms with Gasteiger partial charge in [0, 0.05) is 30.0 Å². The molecule has 0 aliphatic carbocycles. The van der Waals surface area contributed by atoms with Crippen molar-refractivity contribution in [1.82, 2.24) is 0 Å². The largest absolute Gasteiger partial charge is 0.507 e. The number of benzene rings is 3. The number of ketones is 1. The lowest BCUT2D eigenvalue weighted by atomic mass is 9.94. The van der Waals surface area contributed by atoms with Gasteiger partial charge in [-0.15, -0.1) is 0 Å². The topological polar surface area (TPSA) is 70.1 Å². The summed E-state index contributed by atoms with van der Waals surface area (Å²) >= 11 is 0. The zero-order valence-corrected chi connectivity index (χ0v) is 24.4. The van der Waals surface area contributed by atoms with Gasteiger partial charge in [-0.1, -0.05) is 45.0 Å². The molecule has 1 aliphatic rings. The summed E-state index contributed by atoms with van der Waals surface area (Å²) in [5, 5.41) is 11.6. The summed E-state index contributed by atoms with van der Waals surface area (Å²) in [5.41, 5.74) is 4.96. The molecule has 6 nitrogen and oxygen atoms in total. The third kappa shape index (κ3) is 5.76. The van der Waals surface area contributed by atoms with E-state index in [2.05, 4.69) is 39.5 Å². The van der Waals surface area contributed by atoms with Crippen molar-refractivity contribution < 1.29 is 19.4 Å². The number of aryl methyl sites for hydroxylation is 2. The molecule has 0 aromatic heterocycles. The van der Waals surface area contributed by atoms with Crippen LogP contribution in [0.15, 0.2) is 72.3 Å². The fraction of sp³-hybridized carbons (Fsp3) is 0.353. The lowest BCUT2D eigenvalue weighted by Crippen LogP contribution is -2.29. The van der Waals surface area contributed by atoms with Crippen LogP contribution in [0.3, 0.4) is 0 Å². The molecular formula is C34H40N2O4. The highest BCUT2D eigenvalue weighted by Crippen LogP contribution is 2.43. The van der Waals surface area contributed by atoms with Gasteiger partial charge in [0.25, 0.3) is 11.7 Å². The fourth-order valence-corrected chi connectivity index (χ4v) is 5.13. The van der Waals surface area contributed by atoms with E-state index in [9.17, 15) is 14.7 Å². The molecule has 6 heteroatoms. The van der Waals surface area contributed by atoms with Gasteiger partial charge in [-0.3, -0.25) is 14.5 Å². The van der Waals surface area contributed by atoms with Crippen LogP contribution in [-0.2, 0) is 16.0 Å². The molecule has 1 fully saturated rings. The molecule has 0 spiro atoms. The van der Waals surface area contributed by atoms with Crippen molar-refractivity contribution in [2.24, 2.45) is 5.92 Å². The van der Waals surface area contributed by atoms with Crippen molar-refractivity contribution in [2.45, 2.75) is 54.0 Å². The van der Waals surface area contributed by atoms with Crippen molar-refractivity contribution in [3.05, 3.63) is 94.6 Å². The molecule has 1 atom stereocenters. The summed E-state index contributed by atoms with van der Waals surface area (Å²) in [7, 11) is 0. The molecule has 1 amide bonds. The predicted octanol–water partition coefficient (Wildman–Crippen LogP) is 7.06. The molecule has 1 aliphatic heterocycles. The highest BCUT2D eigenvalue weighted by Gasteiger charge is 2.47. The van der Waals surface area contributed by atoms with Crippen molar-refractivity contribution in [2.75, 3.05) is 29.5 Å². The fourth-order valence-electron chi connectivity index (χ4n) is 5.13. The number of hydrogen-bond acceptors (Lipinski definition) is 5. The standard InChI is InChI=1S/C34H40N2O4/c1-7-24-10-15-28(16-11-24)36-31(25-12-17-27(18-13-25)35(8-2)9-3)30(33(38)34(36)39)32(37)26-14-19-29(23(6)20-26)40-21-22(4)5/h10-20,22,31,37H,7-9,21H2,1-6H3/b32-30-. The number of anilines is 2. The van der Waals surface area contributed by atoms with Gasteiger partial charge in [0.05, 0.1) is 18.2 Å². The Kier molecular flexibility index (Phi) is 8.98. The first-order valence-electron chi connectivity index (χ1n) is 14.2. The van der Waals surface area contributed by atoms with E-state index < -0.39 is 17.7 Å². The molecule has 1 N–H and O–H groups in total. The molecular weight excluding hydrogens is 500 g/mol. The van der Waals surface area contributed by atoms with E-state index in [-0.39, 0.29) is 11.3 Å². The Morgan fingerprint density at radius 1 is 0.950 bits per heavy atom. The maximum absolute atomic E-state index is 13.6. The van der Waals surface area contributed by atoms with Gasteiger partial charge < -0.3 is 14.7 Å². The summed E-state index contributed by atoms with van der Waals surface area (Å²) in [5.74, 6) is -0.444. The van der Waals surface area contributed by atoms with E-state index in [1.165, 1.54) is 4.90 Å². The summed E-state index contributed by atoms with van der Waals surface area (Å²) in [6.07, 6.45) is 0.867. The van der Waals surface area contributed by atoms with Crippen LogP contribution in [-0.4, -0.2) is 36.5 Å². The van der Waals surface area contributed by atoms with Crippen LogP contribution in [0.2, 0.25) is 0 Å². The van der Waals surface area contributed by atoms with Crippen LogP contribution in [0, 0.1) is 12.8 Å². The summed E-state index contributed by atoms with van der Waals surface area (Å²) in [6, 6.07) is 20.1. The monoisotopic (exact) mass is 540 g/mol. The van der Waals surface area contributed by atoms with Crippen LogP contribution in [0.1, 0.15) is 62.9 Å². The van der Waals surface area contributed by atoms with Gasteiger partial charge in [-0.2, -0.15) is 0 Å². The van der Waals surface area contributed by atoms with Crippen LogP contribution < -0.4 is 14.5 Å². The van der Waals surface area contributed by atoms with E-state index >= 15 is 0 Å². The average molecular weight is 541 g/mol. The number of hydrogen-bond donors (Lipinski definition) is 1. The maximum atomic E-state index is 13.6. The first-order chi connectivity index (χ1) is 19.2. The molecule has 0 bridgehead atoms. The lowest BCUT2D eigenvalue weighted by Gasteiger charge is -2.27. The Hall–Kier alpha value is -4.06. The second kappa shape index (κ2) is 12.4. The van der Waals surface area contributed by atoms with Crippen LogP contribution in [0.5, 0.6) is 5.75 Å². The Morgan fingerprint density at radius 3 is 2.15 bits per heavy atom. The number of Topliss-reactive ketones (excluding diaryl/α,β-unsaturated/α-hetero) is 1. The number of carbonyl (C=O) groups excluding carboxylic acids is 2. The predicted molar refractivity (Wildman–Crippen MR) is 162 cm³/mol. The first kappa shape index (κ1) is 28.9. The zero-order valence-electron chi connectivity index (χ0n) is 24.4. The molecule has 3 aromatic rings. The number of amides is 1. The highest BCUT2D eigenvalue weighted by atomic mass is 16.5. The van der Waals surface area contributed by atoms with Gasteiger partial charge in [0.2, 0.25) is 0 Å². The van der Waals surface area contributed by atoms with Gasteiger partial charge in [0.15, 0.2) is 0 Å². The first-order valence-corrected chi connectivity index (χ1v) is 14.2. The summed E-state index contributed by atoms with van der Waals surface area (Å²) < 4.78 is 5.90. The minimum Gasteiger partial charge on any atom is -0.507 e. The van der Waals surface area contributed by atoms with Crippen LogP contribution >= 0.6 is 0 Å². The molecule has 1 unspecified atom stereocenters. The molecule has 0 radical (unpaired) electrons. The number of ether oxygens (including phenoxy) is 1. The Balaban J connectivity index is 1.84. The number of aliphatic hydroxyl groups is 1. The summed E-state index contributed by atoms with van der Waals surface area (Å²) in [6.45, 7) is 14.7. The SMILES string of the molecule is CCc1ccc(N2C(=O)C(=O)/C(=C(\O)c3ccc(OCC(C)C)c(C)c3)C2c2ccc(N(CC)CC)cc2)cc1. The lowest BCUT2D eigenvalue weighted by molar-refractivity contribution is -0.132. The number of carbonyl (C=O) groups is 2. The second-order valence-electron chi connectivity index (χ2n) is 10.6. The van der Waals surface area contributed by atoms with Crippen LogP contribution in [0.4, 0.5) is 11.4 Å². The van der Waals surface area contributed by atoms with Crippen molar-refractivity contribution >= 4 is 28.8 Å². The number of aliphatic hydroxyl groups excluding tert-OH is 1. The third-order valence-corrected chi connectivity index (χ3v) is 7.43. The number of nitrogens with zero attached hydrogens (tertiary/aromatic N) is 2. The zero-order chi connectivity index (χ0) is 29.0. The Bertz CT molecular complexity index is 1390. The van der Waals surface area contributed by atoms with Gasteiger partial charge >= 0.3 is 0 Å². The average Bonchev–Trinajstić information content (AvgIpc) is 3.22. The van der Waals surface area contributed by atoms with Crippen molar-refractivity contribution in [1.29, 1.82) is 0 Å². The van der Waals surface area contributed by atoms with Crippen LogP contribution in [0.25, 0.3) is 5.76 Å². The highest BCUT2D eigenvalue weighted by molar-refractivity contribution is 6.51. The molecule has 1 heterocycles. The molecule has 40 heavy (non-hydrogen) atoms. The van der Waals surface area contributed by atoms with Gasteiger partial charge in [-0.25, -0.2) is 0 Å². The molecule has 0 saturated carbocycles. The van der Waals surface area contributed by atoms with E-state index in [1.54, 1.807) is 18.2 Å². The summed E-state index contributed by atoms with van der Waals surface area (Å²) in [4.78, 5) is 30.8. The Morgan fingerprint density at radius 2 is 1.60 bits per heavy atom. The quantitative estimate of drug-likeness (QED) is 0.169. The second-order valence-corrected chi connectivity index (χ2v) is 10.6. The molecule has 3 aromatic carbocycles. The van der Waals surface area contributed by atoms with E-state index in [1.807, 2.05) is 55.5 Å².